The summed E-state index contributed by atoms with van der Waals surface area (Å²) in [6, 6.07) is 4.26. The van der Waals surface area contributed by atoms with Crippen LogP contribution < -0.4 is 5.32 Å². The van der Waals surface area contributed by atoms with E-state index in [4.69, 9.17) is 11.6 Å². The fraction of sp³-hybridized carbons (Fsp3) is 0.450. The average molecular weight is 450 g/mol. The number of amides is 3. The van der Waals surface area contributed by atoms with Gasteiger partial charge in [-0.15, -0.1) is 0 Å². The van der Waals surface area contributed by atoms with Crippen LogP contribution in [0.25, 0.3) is 0 Å². The average Bonchev–Trinajstić information content (AvgIpc) is 3.41. The Morgan fingerprint density at radius 2 is 1.78 bits per heavy atom. The topological polar surface area (TPSA) is 66.5 Å². The van der Waals surface area contributed by atoms with Crippen molar-refractivity contribution < 1.29 is 14.4 Å². The molecule has 2 saturated carbocycles. The van der Waals surface area contributed by atoms with Gasteiger partial charge in [-0.05, 0) is 55.2 Å². The summed E-state index contributed by atoms with van der Waals surface area (Å²) in [5.41, 5.74) is 0.455. The summed E-state index contributed by atoms with van der Waals surface area (Å²) < 4.78 is 0.800. The molecule has 4 aliphatic carbocycles. The van der Waals surface area contributed by atoms with Crippen LogP contribution in [0.2, 0.25) is 5.02 Å². The normalized spacial score (nSPS) is 36.5. The molecule has 0 spiro atoms. The summed E-state index contributed by atoms with van der Waals surface area (Å²) in [6.45, 7) is 1.60. The molecule has 7 heteroatoms. The van der Waals surface area contributed by atoms with Gasteiger partial charge in [0.25, 0.3) is 0 Å². The predicted molar refractivity (Wildman–Crippen MR) is 104 cm³/mol. The highest BCUT2D eigenvalue weighted by Crippen LogP contribution is 2.65. The first-order chi connectivity index (χ1) is 12.9. The van der Waals surface area contributed by atoms with Gasteiger partial charge in [-0.3, -0.25) is 19.3 Å². The quantitative estimate of drug-likeness (QED) is 0.567. The summed E-state index contributed by atoms with van der Waals surface area (Å²) in [5, 5.41) is 3.13. The van der Waals surface area contributed by atoms with E-state index >= 15 is 0 Å². The zero-order valence-corrected chi connectivity index (χ0v) is 16.9. The summed E-state index contributed by atoms with van der Waals surface area (Å²) >= 11 is 9.48. The third-order valence-corrected chi connectivity index (χ3v) is 7.46. The minimum Gasteiger partial charge on any atom is -0.323 e. The van der Waals surface area contributed by atoms with Gasteiger partial charge in [0.1, 0.15) is 6.04 Å². The number of carbonyl (C=O) groups excluding carboxylic acids is 3. The second kappa shape index (κ2) is 5.92. The SMILES string of the molecule is C[C@@H](C(=O)Nc1ccc(Br)cc1Cl)N1C(=O)[C@H]2[C@@H]3C=C[C@H]([C@H]4C[C@H]34)[C@@H]2C1=O. The first kappa shape index (κ1) is 17.4. The molecule has 5 nitrogen and oxygen atoms in total. The molecule has 2 bridgehead atoms. The first-order valence-electron chi connectivity index (χ1n) is 9.19. The second-order valence-electron chi connectivity index (χ2n) is 7.99. The third-order valence-electron chi connectivity index (χ3n) is 6.65. The molecule has 27 heavy (non-hydrogen) atoms. The van der Waals surface area contributed by atoms with Crippen LogP contribution in [-0.2, 0) is 14.4 Å². The van der Waals surface area contributed by atoms with E-state index in [1.165, 1.54) is 4.90 Å². The van der Waals surface area contributed by atoms with Gasteiger partial charge >= 0.3 is 0 Å². The summed E-state index contributed by atoms with van der Waals surface area (Å²) in [7, 11) is 0. The number of rotatable bonds is 3. The largest absolute Gasteiger partial charge is 0.323 e. The Kier molecular flexibility index (Phi) is 3.82. The van der Waals surface area contributed by atoms with Gasteiger partial charge < -0.3 is 5.32 Å². The highest BCUT2D eigenvalue weighted by molar-refractivity contribution is 9.10. The summed E-state index contributed by atoms with van der Waals surface area (Å²) in [5.74, 6) is 0.0200. The lowest BCUT2D eigenvalue weighted by atomic mass is 9.63. The molecule has 3 fully saturated rings. The number of hydrogen-bond donors (Lipinski definition) is 1. The van der Waals surface area contributed by atoms with Crippen molar-refractivity contribution in [2.75, 3.05) is 5.32 Å². The standard InChI is InChI=1S/C20H18BrClN2O3/c1-8(18(25)23-15-5-2-9(21)6-14(15)22)24-19(26)16-10-3-4-11(13-7-12(10)13)17(16)20(24)27/h2-6,8,10-13,16-17H,7H2,1H3,(H,23,25)/t8-,10+,11+,12+,13+,16-,17-/m0/s1. The molecule has 0 unspecified atom stereocenters. The van der Waals surface area contributed by atoms with E-state index in [1.807, 2.05) is 0 Å². The molecule has 3 amide bonds. The Labute approximate surface area is 170 Å². The van der Waals surface area contributed by atoms with Crippen molar-refractivity contribution in [3.8, 4) is 0 Å². The van der Waals surface area contributed by atoms with Crippen molar-refractivity contribution in [2.24, 2.45) is 35.5 Å². The van der Waals surface area contributed by atoms with Crippen molar-refractivity contribution >= 4 is 50.9 Å². The van der Waals surface area contributed by atoms with E-state index in [-0.39, 0.29) is 35.5 Å². The van der Waals surface area contributed by atoms with E-state index in [2.05, 4.69) is 33.4 Å². The third kappa shape index (κ3) is 2.46. The number of allylic oxidation sites excluding steroid dienone is 2. The number of nitrogens with zero attached hydrogens (tertiary/aromatic N) is 1. The van der Waals surface area contributed by atoms with Crippen LogP contribution in [0.3, 0.4) is 0 Å². The van der Waals surface area contributed by atoms with E-state index in [0.29, 0.717) is 22.5 Å². The van der Waals surface area contributed by atoms with Gasteiger partial charge in [0, 0.05) is 4.47 Å². The molecule has 6 rings (SSSR count). The molecule has 0 aromatic heterocycles. The molecule has 140 valence electrons. The number of carbonyl (C=O) groups is 3. The number of halogens is 2. The molecule has 1 aliphatic heterocycles. The monoisotopic (exact) mass is 448 g/mol. The number of likely N-dealkylation sites (tertiary alicyclic amines) is 1. The van der Waals surface area contributed by atoms with Gasteiger partial charge in [0.05, 0.1) is 22.5 Å². The fourth-order valence-corrected chi connectivity index (χ4v) is 6.03. The van der Waals surface area contributed by atoms with Gasteiger partial charge in [0.15, 0.2) is 0 Å². The van der Waals surface area contributed by atoms with E-state index in [0.717, 1.165) is 10.9 Å². The molecule has 1 aromatic rings. The Morgan fingerprint density at radius 3 is 2.33 bits per heavy atom. The fourth-order valence-electron chi connectivity index (χ4n) is 5.31. The van der Waals surface area contributed by atoms with Crippen LogP contribution >= 0.6 is 27.5 Å². The summed E-state index contributed by atoms with van der Waals surface area (Å²) in [4.78, 5) is 40.1. The number of nitrogens with one attached hydrogen (secondary N) is 1. The van der Waals surface area contributed by atoms with E-state index in [9.17, 15) is 14.4 Å². The first-order valence-corrected chi connectivity index (χ1v) is 10.4. The van der Waals surface area contributed by atoms with E-state index < -0.39 is 11.9 Å². The lowest BCUT2D eigenvalue weighted by Gasteiger charge is -2.37. The maximum atomic E-state index is 13.1. The Bertz CT molecular complexity index is 880. The van der Waals surface area contributed by atoms with Crippen LogP contribution in [0, 0.1) is 35.5 Å². The summed E-state index contributed by atoms with van der Waals surface area (Å²) in [6.07, 6.45) is 5.37. The molecule has 1 saturated heterocycles. The number of hydrogen-bond acceptors (Lipinski definition) is 3. The lowest BCUT2D eigenvalue weighted by Crippen LogP contribution is -2.46. The van der Waals surface area contributed by atoms with Crippen LogP contribution in [0.5, 0.6) is 0 Å². The second-order valence-corrected chi connectivity index (χ2v) is 9.31. The molecule has 1 N–H and O–H groups in total. The van der Waals surface area contributed by atoms with Gasteiger partial charge in [-0.2, -0.15) is 0 Å². The van der Waals surface area contributed by atoms with Crippen LogP contribution in [-0.4, -0.2) is 28.7 Å². The Hall–Kier alpha value is -1.66. The zero-order chi connectivity index (χ0) is 19.0. The minimum absolute atomic E-state index is 0.155. The van der Waals surface area contributed by atoms with Gasteiger partial charge in [-0.25, -0.2) is 0 Å². The zero-order valence-electron chi connectivity index (χ0n) is 14.6. The predicted octanol–water partition coefficient (Wildman–Crippen LogP) is 3.48. The van der Waals surface area contributed by atoms with Crippen LogP contribution in [0.1, 0.15) is 13.3 Å². The molecule has 5 aliphatic rings. The highest BCUT2D eigenvalue weighted by atomic mass is 79.9. The molecular weight excluding hydrogens is 432 g/mol. The van der Waals surface area contributed by atoms with Crippen LogP contribution in [0.15, 0.2) is 34.8 Å². The van der Waals surface area contributed by atoms with Crippen molar-refractivity contribution in [1.82, 2.24) is 4.90 Å². The van der Waals surface area contributed by atoms with Crippen molar-refractivity contribution in [2.45, 2.75) is 19.4 Å². The van der Waals surface area contributed by atoms with Crippen molar-refractivity contribution in [3.63, 3.8) is 0 Å². The minimum atomic E-state index is -0.869. The van der Waals surface area contributed by atoms with Crippen molar-refractivity contribution in [1.29, 1.82) is 0 Å². The molecular formula is C20H18BrClN2O3. The Morgan fingerprint density at radius 1 is 1.19 bits per heavy atom. The Balaban J connectivity index is 1.38. The molecule has 1 heterocycles. The maximum Gasteiger partial charge on any atom is 0.247 e. The molecule has 1 aromatic carbocycles. The number of benzene rings is 1. The highest BCUT2D eigenvalue weighted by Gasteiger charge is 2.67. The maximum absolute atomic E-state index is 13.1. The van der Waals surface area contributed by atoms with Crippen LogP contribution in [0.4, 0.5) is 5.69 Å². The smallest absolute Gasteiger partial charge is 0.247 e. The van der Waals surface area contributed by atoms with Crippen molar-refractivity contribution in [3.05, 3.63) is 39.8 Å². The van der Waals surface area contributed by atoms with Gasteiger partial charge in [0.2, 0.25) is 17.7 Å². The molecule has 7 atom stereocenters. The van der Waals surface area contributed by atoms with E-state index in [1.54, 1.807) is 25.1 Å². The lowest BCUT2D eigenvalue weighted by molar-refractivity contribution is -0.146. The van der Waals surface area contributed by atoms with Gasteiger partial charge in [-0.1, -0.05) is 39.7 Å². The number of imide groups is 1. The number of anilines is 1. The molecule has 0 radical (unpaired) electrons.